The van der Waals surface area contributed by atoms with Crippen LogP contribution in [-0.2, 0) is 55.6 Å². The zero-order valence-corrected chi connectivity index (χ0v) is 37.6. The van der Waals surface area contributed by atoms with Crippen LogP contribution in [0.5, 0.6) is 17.2 Å². The van der Waals surface area contributed by atoms with Crippen molar-refractivity contribution in [3.63, 3.8) is 0 Å². The van der Waals surface area contributed by atoms with Crippen LogP contribution in [0.15, 0.2) is 127 Å². The number of Topliss-reactive ketones (excluding diaryl/α,β-unsaturated/α-hetero) is 3. The lowest BCUT2D eigenvalue weighted by Crippen LogP contribution is -2.28. The number of benzene rings is 6. The van der Waals surface area contributed by atoms with Gasteiger partial charge in [-0.15, -0.1) is 0 Å². The molecule has 0 heterocycles. The number of ketones is 3. The second kappa shape index (κ2) is 18.0. The van der Waals surface area contributed by atoms with Crippen LogP contribution in [0.1, 0.15) is 87.6 Å². The molecule has 61 heavy (non-hydrogen) atoms. The molecule has 6 aromatic rings. The van der Waals surface area contributed by atoms with Crippen LogP contribution >= 0.6 is 31.9 Å². The Morgan fingerprint density at radius 1 is 0.475 bits per heavy atom. The van der Waals surface area contributed by atoms with Crippen LogP contribution in [0.3, 0.4) is 0 Å². The lowest BCUT2D eigenvalue weighted by atomic mass is 9.81. The van der Waals surface area contributed by atoms with Gasteiger partial charge in [-0.3, -0.25) is 14.4 Å². The van der Waals surface area contributed by atoms with Gasteiger partial charge < -0.3 is 14.6 Å². The average Bonchev–Trinajstić information content (AvgIpc) is 4.09. The van der Waals surface area contributed by atoms with Crippen molar-refractivity contribution < 1.29 is 29.0 Å². The molecule has 0 atom stereocenters. The number of halogens is 2. The van der Waals surface area contributed by atoms with Crippen LogP contribution in [0.4, 0.5) is 0 Å². The second-order valence-electron chi connectivity index (χ2n) is 16.7. The highest BCUT2D eigenvalue weighted by Gasteiger charge is 2.50. The predicted molar refractivity (Wildman–Crippen MR) is 247 cm³/mol. The van der Waals surface area contributed by atoms with E-state index < -0.39 is 0 Å². The lowest BCUT2D eigenvalue weighted by Gasteiger charge is -2.20. The van der Waals surface area contributed by atoms with E-state index in [0.29, 0.717) is 12.2 Å². The molecule has 0 saturated carbocycles. The van der Waals surface area contributed by atoms with Gasteiger partial charge in [0, 0.05) is 44.6 Å². The summed E-state index contributed by atoms with van der Waals surface area (Å²) in [5, 5.41) is 11.5. The van der Waals surface area contributed by atoms with E-state index in [0.717, 1.165) is 100 Å². The number of hydrogen-bond acceptors (Lipinski definition) is 6. The van der Waals surface area contributed by atoms with Gasteiger partial charge in [-0.25, -0.2) is 0 Å². The maximum Gasteiger partial charge on any atom is 0.170 e. The minimum atomic E-state index is -0.292. The van der Waals surface area contributed by atoms with E-state index in [9.17, 15) is 19.5 Å². The molecule has 5 aliphatic rings. The number of hydrogen-bond donors (Lipinski definition) is 1. The molecule has 0 radical (unpaired) electrons. The topological polar surface area (TPSA) is 89.9 Å². The molecule has 2 spiro atoms. The number of ether oxygens (including phenoxy) is 2. The van der Waals surface area contributed by atoms with Crippen molar-refractivity contribution in [2.75, 3.05) is 14.2 Å². The van der Waals surface area contributed by atoms with E-state index in [4.69, 9.17) is 9.47 Å². The molecule has 0 unspecified atom stereocenters. The Morgan fingerprint density at radius 3 is 1.33 bits per heavy atom. The first kappa shape index (κ1) is 42.4. The molecular weight excluding hydrogens is 892 g/mol. The molecule has 0 bridgehead atoms. The number of rotatable bonds is 4. The fraction of sp³-hybridized carbons (Fsp3) is 0.264. The highest BCUT2D eigenvalue weighted by atomic mass is 79.9. The Morgan fingerprint density at radius 2 is 0.869 bits per heavy atom. The number of carbonyl (C=O) groups is 3. The van der Waals surface area contributed by atoms with Crippen LogP contribution in [0.2, 0.25) is 0 Å². The molecular formula is C53H48Br2O6. The molecule has 0 amide bonds. The van der Waals surface area contributed by atoms with Gasteiger partial charge in [-0.05, 0) is 150 Å². The highest BCUT2D eigenvalue weighted by molar-refractivity contribution is 9.09. The molecule has 6 aromatic carbocycles. The molecule has 5 aliphatic carbocycles. The Kier molecular flexibility index (Phi) is 12.5. The van der Waals surface area contributed by atoms with Gasteiger partial charge in [0.05, 0.1) is 14.2 Å². The Labute approximate surface area is 374 Å². The number of phenols is 1. The summed E-state index contributed by atoms with van der Waals surface area (Å²) in [6, 6.07) is 41.7. The molecule has 8 heteroatoms. The molecule has 6 nitrogen and oxygen atoms in total. The molecule has 0 aromatic heterocycles. The summed E-state index contributed by atoms with van der Waals surface area (Å²) in [5.41, 5.74) is 13.3. The van der Waals surface area contributed by atoms with Crippen molar-refractivity contribution in [3.05, 3.63) is 194 Å². The number of fused-ring (bicyclic) bond motifs is 5. The molecule has 0 saturated heterocycles. The zero-order valence-electron chi connectivity index (χ0n) is 34.4. The first-order valence-electron chi connectivity index (χ1n) is 20.7. The quantitative estimate of drug-likeness (QED) is 0.177. The van der Waals surface area contributed by atoms with Gasteiger partial charge in [0.15, 0.2) is 17.3 Å². The summed E-state index contributed by atoms with van der Waals surface area (Å²) in [6.07, 6.45) is 6.53. The van der Waals surface area contributed by atoms with Gasteiger partial charge in [0.1, 0.15) is 17.2 Å². The number of aryl methyl sites for hydroxylation is 1. The maximum atomic E-state index is 12.8. The Bertz CT molecular complexity index is 2570. The average molecular weight is 941 g/mol. The largest absolute Gasteiger partial charge is 0.508 e. The van der Waals surface area contributed by atoms with E-state index in [2.05, 4.69) is 92.5 Å². The summed E-state index contributed by atoms with van der Waals surface area (Å²) in [6.45, 7) is 0. The SMILES string of the molecule is BrCc1ccccc1CBr.COc1ccc2c(c1)CC1(Cc3ccccc3C1)C2=O.COc1ccc2c(c1)CCC2=O.O=C1c2ccc(O)cc2CC12Cc1ccccc1C2. The van der Waals surface area contributed by atoms with Crippen LogP contribution in [0.25, 0.3) is 0 Å². The number of carbonyl (C=O) groups excluding carboxylic acids is 3. The summed E-state index contributed by atoms with van der Waals surface area (Å²) in [5.74, 6) is 2.74. The molecule has 310 valence electrons. The summed E-state index contributed by atoms with van der Waals surface area (Å²) >= 11 is 6.86. The third-order valence-electron chi connectivity index (χ3n) is 12.9. The fourth-order valence-electron chi connectivity index (χ4n) is 9.81. The molecule has 0 aliphatic heterocycles. The minimum Gasteiger partial charge on any atom is -0.508 e. The molecule has 1 N–H and O–H groups in total. The van der Waals surface area contributed by atoms with Gasteiger partial charge in [0.25, 0.3) is 0 Å². The second-order valence-corrected chi connectivity index (χ2v) is 17.8. The zero-order chi connectivity index (χ0) is 42.7. The summed E-state index contributed by atoms with van der Waals surface area (Å²) < 4.78 is 10.3. The van der Waals surface area contributed by atoms with E-state index in [-0.39, 0.29) is 28.1 Å². The monoisotopic (exact) mass is 938 g/mol. The van der Waals surface area contributed by atoms with E-state index in [1.807, 2.05) is 48.5 Å². The van der Waals surface area contributed by atoms with Crippen molar-refractivity contribution >= 4 is 49.2 Å². The normalized spacial score (nSPS) is 16.2. The van der Waals surface area contributed by atoms with Crippen molar-refractivity contribution in [1.29, 1.82) is 0 Å². The molecule has 11 rings (SSSR count). The van der Waals surface area contributed by atoms with Crippen LogP contribution < -0.4 is 9.47 Å². The number of aromatic hydroxyl groups is 1. The maximum absolute atomic E-state index is 12.8. The summed E-state index contributed by atoms with van der Waals surface area (Å²) in [4.78, 5) is 36.8. The lowest BCUT2D eigenvalue weighted by molar-refractivity contribution is 0.0825. The standard InChI is InChI=1S/C18H16O2.C17H14O2.C10H10O2.C8H8Br2/c1-20-15-6-7-16-14(8-15)11-18(17(16)19)9-12-4-2-3-5-13(12)10-18;18-14-5-6-15-13(7-14)10-17(16(15)19)8-11-3-1-2-4-12(11)9-17;1-12-8-3-4-9-7(6-8)2-5-10(9)11;9-5-7-3-1-2-4-8(7)6-10/h2-8H,9-11H2,1H3;1-7,18H,8-10H2;3-4,6H,2,5H2,1H3;1-4H,5-6H2. The van der Waals surface area contributed by atoms with Crippen molar-refractivity contribution in [3.8, 4) is 17.2 Å². The predicted octanol–water partition coefficient (Wildman–Crippen LogP) is 11.4. The van der Waals surface area contributed by atoms with Crippen LogP contribution in [-0.4, -0.2) is 36.7 Å². The highest BCUT2D eigenvalue weighted by Crippen LogP contribution is 2.49. The van der Waals surface area contributed by atoms with E-state index in [1.165, 1.54) is 33.4 Å². The van der Waals surface area contributed by atoms with Crippen molar-refractivity contribution in [2.45, 2.75) is 62.0 Å². The van der Waals surface area contributed by atoms with E-state index >= 15 is 0 Å². The number of methoxy groups -OCH3 is 2. The van der Waals surface area contributed by atoms with Crippen molar-refractivity contribution in [2.24, 2.45) is 10.8 Å². The van der Waals surface area contributed by atoms with E-state index in [1.54, 1.807) is 32.4 Å². The van der Waals surface area contributed by atoms with Crippen molar-refractivity contribution in [1.82, 2.24) is 0 Å². The van der Waals surface area contributed by atoms with Crippen LogP contribution in [0, 0.1) is 10.8 Å². The van der Waals surface area contributed by atoms with Gasteiger partial charge in [0.2, 0.25) is 0 Å². The van der Waals surface area contributed by atoms with Gasteiger partial charge >= 0.3 is 0 Å². The number of phenolic OH excluding ortho intramolecular Hbond substituents is 1. The Hall–Kier alpha value is -5.31. The number of alkyl halides is 2. The fourth-order valence-corrected chi connectivity index (χ4v) is 10.9. The first-order valence-corrected chi connectivity index (χ1v) is 22.9. The first-order chi connectivity index (χ1) is 29.6. The van der Waals surface area contributed by atoms with Gasteiger partial charge in [-0.1, -0.05) is 105 Å². The Balaban J connectivity index is 0.000000117. The minimum absolute atomic E-state index is 0.238. The summed E-state index contributed by atoms with van der Waals surface area (Å²) in [7, 11) is 3.30. The third-order valence-corrected chi connectivity index (χ3v) is 14.1. The third kappa shape index (κ3) is 8.50. The van der Waals surface area contributed by atoms with Gasteiger partial charge in [-0.2, -0.15) is 0 Å². The smallest absolute Gasteiger partial charge is 0.170 e. The molecule has 0 fully saturated rings.